The van der Waals surface area contributed by atoms with Crippen LogP contribution in [0.25, 0.3) is 0 Å². The Morgan fingerprint density at radius 1 is 0.586 bits per heavy atom. The van der Waals surface area contributed by atoms with E-state index in [4.69, 9.17) is 0 Å². The van der Waals surface area contributed by atoms with Crippen LogP contribution in [-0.2, 0) is 9.53 Å². The van der Waals surface area contributed by atoms with E-state index in [0.717, 1.165) is 12.8 Å². The summed E-state index contributed by atoms with van der Waals surface area (Å²) in [5.41, 5.74) is 0. The summed E-state index contributed by atoms with van der Waals surface area (Å²) in [6, 6.07) is 0. The summed E-state index contributed by atoms with van der Waals surface area (Å²) in [7, 11) is 1.32. The first kappa shape index (κ1) is 28.4. The zero-order valence-electron chi connectivity index (χ0n) is 19.9. The van der Waals surface area contributed by atoms with E-state index in [-0.39, 0.29) is 0 Å². The molecule has 0 unspecified atom stereocenters. The average molecular weight is 413 g/mol. The van der Waals surface area contributed by atoms with E-state index >= 15 is 0 Å². The molecule has 0 rings (SSSR count). The van der Waals surface area contributed by atoms with Crippen molar-refractivity contribution in [2.75, 3.05) is 7.11 Å². The Kier molecular flexibility index (Phi) is 23.2. The third-order valence-corrected chi connectivity index (χ3v) is 6.05. The van der Waals surface area contributed by atoms with Gasteiger partial charge in [0, 0.05) is 0 Å². The van der Waals surface area contributed by atoms with Crippen molar-refractivity contribution in [3.05, 3.63) is 0 Å². The molecule has 3 heteroatoms. The maximum atomic E-state index is 11.1. The summed E-state index contributed by atoms with van der Waals surface area (Å²) >= 11 is 0. The van der Waals surface area contributed by atoms with Gasteiger partial charge in [-0.3, -0.25) is 0 Å². The molecule has 0 bridgehead atoms. The van der Waals surface area contributed by atoms with E-state index in [1.807, 2.05) is 0 Å². The Morgan fingerprint density at radius 3 is 1.14 bits per heavy atom. The fraction of sp³-hybridized carbons (Fsp3) is 0.962. The second-order valence-electron chi connectivity index (χ2n) is 8.90. The molecule has 0 spiro atoms. The first-order valence-electron chi connectivity index (χ1n) is 13.0. The highest BCUT2D eigenvalue weighted by Crippen LogP contribution is 2.15. The fourth-order valence-electron chi connectivity index (χ4n) is 4.02. The van der Waals surface area contributed by atoms with Crippen molar-refractivity contribution in [1.82, 2.24) is 0 Å². The SMILES string of the molecule is CCCCCCCCCCCCCCCCCCCCCCC[C@@H](O)C(=O)OC. The Labute approximate surface area is 182 Å². The Bertz CT molecular complexity index is 330. The summed E-state index contributed by atoms with van der Waals surface area (Å²) < 4.78 is 4.52. The molecule has 0 heterocycles. The monoisotopic (exact) mass is 412 g/mol. The van der Waals surface area contributed by atoms with E-state index in [2.05, 4.69) is 11.7 Å². The molecule has 0 fully saturated rings. The summed E-state index contributed by atoms with van der Waals surface area (Å²) in [4.78, 5) is 11.1. The van der Waals surface area contributed by atoms with E-state index in [1.165, 1.54) is 129 Å². The average Bonchev–Trinajstić information content (AvgIpc) is 2.74. The molecule has 3 nitrogen and oxygen atoms in total. The zero-order valence-corrected chi connectivity index (χ0v) is 19.9. The van der Waals surface area contributed by atoms with Gasteiger partial charge in [0.25, 0.3) is 0 Å². The molecule has 0 aliphatic rings. The van der Waals surface area contributed by atoms with Crippen molar-refractivity contribution in [2.24, 2.45) is 0 Å². The standard InChI is InChI=1S/C26H52O3/c1-3-4-5-6-7-8-9-10-11-12-13-14-15-16-17-18-19-20-21-22-23-24-25(27)26(28)29-2/h25,27H,3-24H2,1-2H3/t25-/m1/s1. The minimum Gasteiger partial charge on any atom is -0.467 e. The van der Waals surface area contributed by atoms with Crippen LogP contribution in [0, 0.1) is 0 Å². The predicted octanol–water partition coefficient (Wildman–Crippen LogP) is 8.12. The van der Waals surface area contributed by atoms with Crippen LogP contribution in [0.15, 0.2) is 0 Å². The Morgan fingerprint density at radius 2 is 0.862 bits per heavy atom. The number of hydrogen-bond acceptors (Lipinski definition) is 3. The Balaban J connectivity index is 3.07. The first-order chi connectivity index (χ1) is 14.2. The molecule has 174 valence electrons. The van der Waals surface area contributed by atoms with Crippen LogP contribution in [-0.4, -0.2) is 24.3 Å². The van der Waals surface area contributed by atoms with Gasteiger partial charge in [0.05, 0.1) is 7.11 Å². The molecule has 0 aromatic heterocycles. The Hall–Kier alpha value is -0.570. The molecule has 0 aliphatic carbocycles. The lowest BCUT2D eigenvalue weighted by Crippen LogP contribution is -2.21. The molecule has 0 amide bonds. The molecule has 29 heavy (non-hydrogen) atoms. The summed E-state index contributed by atoms with van der Waals surface area (Å²) in [5, 5.41) is 9.50. The quantitative estimate of drug-likeness (QED) is 0.136. The van der Waals surface area contributed by atoms with Crippen molar-refractivity contribution in [2.45, 2.75) is 154 Å². The zero-order chi connectivity index (χ0) is 21.4. The normalized spacial score (nSPS) is 12.2. The molecule has 0 aromatic rings. The molecule has 0 aliphatic heterocycles. The van der Waals surface area contributed by atoms with Crippen molar-refractivity contribution >= 4 is 5.97 Å². The number of aliphatic hydroxyl groups is 1. The van der Waals surface area contributed by atoms with Gasteiger partial charge >= 0.3 is 5.97 Å². The molecular weight excluding hydrogens is 360 g/mol. The van der Waals surface area contributed by atoms with Crippen molar-refractivity contribution < 1.29 is 14.6 Å². The minimum atomic E-state index is -0.930. The number of unbranched alkanes of at least 4 members (excludes halogenated alkanes) is 20. The van der Waals surface area contributed by atoms with Gasteiger partial charge in [0.15, 0.2) is 6.10 Å². The topological polar surface area (TPSA) is 46.5 Å². The van der Waals surface area contributed by atoms with Gasteiger partial charge in [-0.15, -0.1) is 0 Å². The number of methoxy groups -OCH3 is 1. The van der Waals surface area contributed by atoms with Crippen molar-refractivity contribution in [1.29, 1.82) is 0 Å². The highest BCUT2D eigenvalue weighted by atomic mass is 16.5. The van der Waals surface area contributed by atoms with Crippen LogP contribution in [0.1, 0.15) is 148 Å². The molecule has 0 radical (unpaired) electrons. The van der Waals surface area contributed by atoms with Crippen molar-refractivity contribution in [3.8, 4) is 0 Å². The van der Waals surface area contributed by atoms with Crippen LogP contribution >= 0.6 is 0 Å². The number of hydrogen-bond donors (Lipinski definition) is 1. The first-order valence-corrected chi connectivity index (χ1v) is 13.0. The van der Waals surface area contributed by atoms with E-state index < -0.39 is 12.1 Å². The molecule has 0 saturated carbocycles. The van der Waals surface area contributed by atoms with Crippen LogP contribution < -0.4 is 0 Å². The third kappa shape index (κ3) is 21.9. The second kappa shape index (κ2) is 23.7. The van der Waals surface area contributed by atoms with E-state index in [0.29, 0.717) is 6.42 Å². The number of esters is 1. The number of rotatable bonds is 23. The van der Waals surface area contributed by atoms with Gasteiger partial charge < -0.3 is 9.84 Å². The van der Waals surface area contributed by atoms with Crippen LogP contribution in [0.3, 0.4) is 0 Å². The van der Waals surface area contributed by atoms with Gasteiger partial charge in [-0.25, -0.2) is 4.79 Å². The van der Waals surface area contributed by atoms with Crippen LogP contribution in [0.2, 0.25) is 0 Å². The predicted molar refractivity (Wildman–Crippen MR) is 125 cm³/mol. The lowest BCUT2D eigenvalue weighted by Gasteiger charge is -2.07. The van der Waals surface area contributed by atoms with E-state index in [1.54, 1.807) is 0 Å². The van der Waals surface area contributed by atoms with Gasteiger partial charge in [-0.05, 0) is 6.42 Å². The maximum Gasteiger partial charge on any atom is 0.334 e. The van der Waals surface area contributed by atoms with Gasteiger partial charge in [-0.2, -0.15) is 0 Å². The van der Waals surface area contributed by atoms with Gasteiger partial charge in [-0.1, -0.05) is 142 Å². The van der Waals surface area contributed by atoms with E-state index in [9.17, 15) is 9.90 Å². The third-order valence-electron chi connectivity index (χ3n) is 6.05. The summed E-state index contributed by atoms with van der Waals surface area (Å²) in [5.74, 6) is -0.502. The fourth-order valence-corrected chi connectivity index (χ4v) is 4.02. The molecule has 1 atom stereocenters. The maximum absolute atomic E-state index is 11.1. The van der Waals surface area contributed by atoms with Crippen LogP contribution in [0.5, 0.6) is 0 Å². The largest absolute Gasteiger partial charge is 0.467 e. The molecule has 1 N–H and O–H groups in total. The lowest BCUT2D eigenvalue weighted by molar-refractivity contribution is -0.150. The number of aliphatic hydroxyl groups excluding tert-OH is 1. The van der Waals surface area contributed by atoms with Gasteiger partial charge in [0.2, 0.25) is 0 Å². The molecular formula is C26H52O3. The second-order valence-corrected chi connectivity index (χ2v) is 8.90. The number of carbonyl (C=O) groups excluding carboxylic acids is 1. The van der Waals surface area contributed by atoms with Gasteiger partial charge in [0.1, 0.15) is 0 Å². The molecule has 0 aromatic carbocycles. The van der Waals surface area contributed by atoms with Crippen LogP contribution in [0.4, 0.5) is 0 Å². The highest BCUT2D eigenvalue weighted by Gasteiger charge is 2.13. The molecule has 0 saturated heterocycles. The minimum absolute atomic E-state index is 0.502. The summed E-state index contributed by atoms with van der Waals surface area (Å²) in [6.45, 7) is 2.29. The van der Waals surface area contributed by atoms with Crippen molar-refractivity contribution in [3.63, 3.8) is 0 Å². The number of carbonyl (C=O) groups is 1. The lowest BCUT2D eigenvalue weighted by atomic mass is 10.0. The number of ether oxygens (including phenoxy) is 1. The highest BCUT2D eigenvalue weighted by molar-refractivity contribution is 5.74. The smallest absolute Gasteiger partial charge is 0.334 e. The summed E-state index contributed by atoms with van der Waals surface area (Å²) in [6.07, 6.45) is 28.3.